The normalized spacial score (nSPS) is 15.5. The van der Waals surface area contributed by atoms with E-state index in [-0.39, 0.29) is 18.6 Å². The van der Waals surface area contributed by atoms with Crippen LogP contribution in [0.2, 0.25) is 0 Å². The lowest BCUT2D eigenvalue weighted by Crippen LogP contribution is -2.38. The largest absolute Gasteiger partial charge is 0.461 e. The molecule has 0 spiro atoms. The lowest BCUT2D eigenvalue weighted by atomic mass is 10.0. The van der Waals surface area contributed by atoms with Crippen molar-refractivity contribution in [3.63, 3.8) is 0 Å². The second-order valence-electron chi connectivity index (χ2n) is 6.72. The molecule has 0 bridgehead atoms. The molecule has 0 amide bonds. The number of rotatable bonds is 7. The van der Waals surface area contributed by atoms with Crippen LogP contribution in [0.25, 0.3) is 0 Å². The van der Waals surface area contributed by atoms with Crippen LogP contribution in [0.15, 0.2) is 30.3 Å². The van der Waals surface area contributed by atoms with Gasteiger partial charge in [-0.1, -0.05) is 30.3 Å². The van der Waals surface area contributed by atoms with Crippen LogP contribution in [-0.2, 0) is 24.2 Å². The molecule has 2 aromatic rings. The number of hydrogen-bond acceptors (Lipinski definition) is 5. The second-order valence-corrected chi connectivity index (χ2v) is 6.72. The lowest BCUT2D eigenvalue weighted by Gasteiger charge is -2.32. The summed E-state index contributed by atoms with van der Waals surface area (Å²) in [4.78, 5) is 14.7. The van der Waals surface area contributed by atoms with Gasteiger partial charge in [-0.3, -0.25) is 9.58 Å². The van der Waals surface area contributed by atoms with Crippen LogP contribution in [0.3, 0.4) is 0 Å². The molecule has 1 N–H and O–H groups in total. The molecular weight excluding hydrogens is 330 g/mol. The maximum absolute atomic E-state index is 12.4. The van der Waals surface area contributed by atoms with Crippen molar-refractivity contribution >= 4 is 5.97 Å². The van der Waals surface area contributed by atoms with Crippen LogP contribution in [0, 0.1) is 0 Å². The van der Waals surface area contributed by atoms with Crippen molar-refractivity contribution in [3.8, 4) is 0 Å². The molecule has 6 heteroatoms. The zero-order valence-electron chi connectivity index (χ0n) is 15.5. The van der Waals surface area contributed by atoms with Gasteiger partial charge < -0.3 is 9.84 Å². The molecule has 1 aliphatic heterocycles. The number of ether oxygens (including phenoxy) is 1. The summed E-state index contributed by atoms with van der Waals surface area (Å²) >= 11 is 0. The number of esters is 1. The standard InChI is InChI=1S/C20H27N3O3/c1-3-26-20(25)19-17-14-22(15(2)10-12-24)11-9-18(17)23(21-19)13-16-7-5-4-6-8-16/h4-8,15,24H,3,9-14H2,1-2H3. The second kappa shape index (κ2) is 8.47. The highest BCUT2D eigenvalue weighted by Crippen LogP contribution is 2.26. The molecule has 1 aromatic heterocycles. The Morgan fingerprint density at radius 2 is 2.12 bits per heavy atom. The summed E-state index contributed by atoms with van der Waals surface area (Å²) in [6.45, 7) is 6.64. The molecule has 140 valence electrons. The number of nitrogens with zero attached hydrogens (tertiary/aromatic N) is 3. The van der Waals surface area contributed by atoms with Crippen molar-refractivity contribution in [2.24, 2.45) is 0 Å². The van der Waals surface area contributed by atoms with E-state index in [1.165, 1.54) is 0 Å². The third-order valence-electron chi connectivity index (χ3n) is 4.98. The molecule has 0 fully saturated rings. The monoisotopic (exact) mass is 357 g/mol. The topological polar surface area (TPSA) is 67.6 Å². The highest BCUT2D eigenvalue weighted by molar-refractivity contribution is 5.89. The van der Waals surface area contributed by atoms with E-state index in [0.717, 1.165) is 36.2 Å². The van der Waals surface area contributed by atoms with Gasteiger partial charge in [0.1, 0.15) is 0 Å². The number of carbonyl (C=O) groups excluding carboxylic acids is 1. The summed E-state index contributed by atoms with van der Waals surface area (Å²) in [6, 6.07) is 10.4. The Kier molecular flexibility index (Phi) is 6.06. The molecule has 0 saturated heterocycles. The van der Waals surface area contributed by atoms with Crippen molar-refractivity contribution in [1.29, 1.82) is 0 Å². The van der Waals surface area contributed by atoms with Crippen molar-refractivity contribution in [1.82, 2.24) is 14.7 Å². The fourth-order valence-electron chi connectivity index (χ4n) is 3.51. The van der Waals surface area contributed by atoms with Crippen LogP contribution in [0.5, 0.6) is 0 Å². The molecule has 3 rings (SSSR count). The molecule has 0 aliphatic carbocycles. The summed E-state index contributed by atoms with van der Waals surface area (Å²) in [6.07, 6.45) is 1.56. The smallest absolute Gasteiger partial charge is 0.359 e. The third kappa shape index (κ3) is 3.97. The van der Waals surface area contributed by atoms with Crippen LogP contribution >= 0.6 is 0 Å². The van der Waals surface area contributed by atoms with Crippen LogP contribution in [-0.4, -0.2) is 51.6 Å². The third-order valence-corrected chi connectivity index (χ3v) is 4.98. The maximum Gasteiger partial charge on any atom is 0.359 e. The first-order valence-corrected chi connectivity index (χ1v) is 9.28. The van der Waals surface area contributed by atoms with Crippen molar-refractivity contribution in [2.45, 2.75) is 45.8 Å². The van der Waals surface area contributed by atoms with E-state index >= 15 is 0 Å². The summed E-state index contributed by atoms with van der Waals surface area (Å²) in [5.41, 5.74) is 3.67. The van der Waals surface area contributed by atoms with E-state index in [9.17, 15) is 9.90 Å². The Hall–Kier alpha value is -2.18. The molecule has 0 radical (unpaired) electrons. The van der Waals surface area contributed by atoms with E-state index in [0.29, 0.717) is 25.4 Å². The number of aromatic nitrogens is 2. The molecule has 1 unspecified atom stereocenters. The van der Waals surface area contributed by atoms with Gasteiger partial charge in [0.2, 0.25) is 0 Å². The number of aliphatic hydroxyl groups excluding tert-OH is 1. The van der Waals surface area contributed by atoms with Crippen LogP contribution < -0.4 is 0 Å². The molecule has 1 aromatic carbocycles. The van der Waals surface area contributed by atoms with Gasteiger partial charge in [0.05, 0.1) is 13.2 Å². The van der Waals surface area contributed by atoms with Gasteiger partial charge in [-0.15, -0.1) is 0 Å². The number of benzene rings is 1. The van der Waals surface area contributed by atoms with E-state index in [1.807, 2.05) is 22.9 Å². The number of fused-ring (bicyclic) bond motifs is 1. The van der Waals surface area contributed by atoms with Crippen molar-refractivity contribution in [3.05, 3.63) is 52.8 Å². The summed E-state index contributed by atoms with van der Waals surface area (Å²) in [7, 11) is 0. The minimum absolute atomic E-state index is 0.169. The van der Waals surface area contributed by atoms with E-state index in [2.05, 4.69) is 29.1 Å². The Labute approximate surface area is 154 Å². The number of carbonyl (C=O) groups is 1. The molecular formula is C20H27N3O3. The van der Waals surface area contributed by atoms with Crippen LogP contribution in [0.4, 0.5) is 0 Å². The first-order valence-electron chi connectivity index (χ1n) is 9.28. The predicted molar refractivity (Wildman–Crippen MR) is 99.0 cm³/mol. The quantitative estimate of drug-likeness (QED) is 0.770. The molecule has 2 heterocycles. The van der Waals surface area contributed by atoms with Crippen molar-refractivity contribution < 1.29 is 14.6 Å². The van der Waals surface area contributed by atoms with Gasteiger partial charge in [-0.05, 0) is 25.8 Å². The lowest BCUT2D eigenvalue weighted by molar-refractivity contribution is 0.0514. The average molecular weight is 357 g/mol. The van der Waals surface area contributed by atoms with Gasteiger partial charge in [0, 0.05) is 43.4 Å². The maximum atomic E-state index is 12.4. The minimum atomic E-state index is -0.354. The Morgan fingerprint density at radius 3 is 2.81 bits per heavy atom. The highest BCUT2D eigenvalue weighted by atomic mass is 16.5. The fourth-order valence-corrected chi connectivity index (χ4v) is 3.51. The van der Waals surface area contributed by atoms with E-state index < -0.39 is 0 Å². The summed E-state index contributed by atoms with van der Waals surface area (Å²) in [5, 5.41) is 13.8. The fraction of sp³-hybridized carbons (Fsp3) is 0.500. The van der Waals surface area contributed by atoms with Gasteiger partial charge in [-0.2, -0.15) is 5.10 Å². The molecule has 6 nitrogen and oxygen atoms in total. The number of hydrogen-bond donors (Lipinski definition) is 1. The molecule has 1 aliphatic rings. The zero-order valence-corrected chi connectivity index (χ0v) is 15.5. The number of aliphatic hydroxyl groups is 1. The van der Waals surface area contributed by atoms with Gasteiger partial charge in [-0.25, -0.2) is 4.79 Å². The highest BCUT2D eigenvalue weighted by Gasteiger charge is 2.30. The molecule has 1 atom stereocenters. The predicted octanol–water partition coefficient (Wildman–Crippen LogP) is 2.24. The summed E-state index contributed by atoms with van der Waals surface area (Å²) < 4.78 is 7.18. The van der Waals surface area contributed by atoms with Gasteiger partial charge in [0.25, 0.3) is 0 Å². The first-order chi connectivity index (χ1) is 12.6. The van der Waals surface area contributed by atoms with Crippen molar-refractivity contribution in [2.75, 3.05) is 19.8 Å². The molecule has 26 heavy (non-hydrogen) atoms. The Balaban J connectivity index is 1.91. The SMILES string of the molecule is CCOC(=O)c1nn(Cc2ccccc2)c2c1CN(C(C)CCO)CC2. The van der Waals surface area contributed by atoms with Gasteiger partial charge >= 0.3 is 5.97 Å². The van der Waals surface area contributed by atoms with E-state index in [4.69, 9.17) is 4.74 Å². The first kappa shape index (κ1) is 18.6. The van der Waals surface area contributed by atoms with Gasteiger partial charge in [0.15, 0.2) is 5.69 Å². The Bertz CT molecular complexity index is 742. The zero-order chi connectivity index (χ0) is 18.5. The Morgan fingerprint density at radius 1 is 1.35 bits per heavy atom. The van der Waals surface area contributed by atoms with E-state index in [1.54, 1.807) is 6.92 Å². The average Bonchev–Trinajstić information content (AvgIpc) is 3.01. The summed E-state index contributed by atoms with van der Waals surface area (Å²) in [5.74, 6) is -0.354. The minimum Gasteiger partial charge on any atom is -0.461 e. The van der Waals surface area contributed by atoms with Crippen LogP contribution in [0.1, 0.15) is 47.6 Å². The molecule has 0 saturated carbocycles.